The number of aromatic nitrogens is 2. The molecule has 1 heterocycles. The lowest BCUT2D eigenvalue weighted by Gasteiger charge is -2.03. The zero-order chi connectivity index (χ0) is 13.8. The predicted octanol–water partition coefficient (Wildman–Crippen LogP) is 2.15. The SMILES string of the molecule is O=C(O)Cc1ccc(Sc2nc[nH]c(=O)c2I)cc1. The number of rotatable bonds is 4. The third-order valence-electron chi connectivity index (χ3n) is 2.26. The van der Waals surface area contributed by atoms with E-state index >= 15 is 0 Å². The van der Waals surface area contributed by atoms with Crippen LogP contribution in [-0.2, 0) is 11.2 Å². The maximum Gasteiger partial charge on any atom is 0.307 e. The maximum atomic E-state index is 11.4. The molecule has 0 saturated carbocycles. The lowest BCUT2D eigenvalue weighted by molar-refractivity contribution is -0.136. The Bertz CT molecular complexity index is 655. The fourth-order valence-corrected chi connectivity index (χ4v) is 2.81. The highest BCUT2D eigenvalue weighted by molar-refractivity contribution is 14.1. The van der Waals surface area contributed by atoms with E-state index in [0.717, 1.165) is 10.5 Å². The van der Waals surface area contributed by atoms with Gasteiger partial charge in [0, 0.05) is 4.90 Å². The van der Waals surface area contributed by atoms with Crippen molar-refractivity contribution in [1.82, 2.24) is 9.97 Å². The van der Waals surface area contributed by atoms with Crippen molar-refractivity contribution in [3.63, 3.8) is 0 Å². The van der Waals surface area contributed by atoms with Gasteiger partial charge in [-0.3, -0.25) is 9.59 Å². The van der Waals surface area contributed by atoms with Crippen molar-refractivity contribution in [2.75, 3.05) is 0 Å². The maximum absolute atomic E-state index is 11.4. The van der Waals surface area contributed by atoms with Gasteiger partial charge in [0.1, 0.15) is 8.60 Å². The largest absolute Gasteiger partial charge is 0.481 e. The van der Waals surface area contributed by atoms with Crippen LogP contribution < -0.4 is 5.56 Å². The Labute approximate surface area is 126 Å². The van der Waals surface area contributed by atoms with Crippen LogP contribution in [-0.4, -0.2) is 21.0 Å². The van der Waals surface area contributed by atoms with E-state index in [1.165, 1.54) is 18.1 Å². The van der Waals surface area contributed by atoms with E-state index in [0.29, 0.717) is 8.60 Å². The van der Waals surface area contributed by atoms with Gasteiger partial charge >= 0.3 is 5.97 Å². The monoisotopic (exact) mass is 388 g/mol. The summed E-state index contributed by atoms with van der Waals surface area (Å²) in [4.78, 5) is 29.5. The van der Waals surface area contributed by atoms with Crippen LogP contribution in [0.2, 0.25) is 0 Å². The Balaban J connectivity index is 2.17. The van der Waals surface area contributed by atoms with Crippen LogP contribution in [0, 0.1) is 3.57 Å². The highest BCUT2D eigenvalue weighted by Crippen LogP contribution is 2.27. The van der Waals surface area contributed by atoms with Gasteiger partial charge in [0.2, 0.25) is 0 Å². The average molecular weight is 388 g/mol. The Morgan fingerprint density at radius 1 is 1.37 bits per heavy atom. The fraction of sp³-hybridized carbons (Fsp3) is 0.0833. The Kier molecular flexibility index (Phi) is 4.59. The zero-order valence-electron chi connectivity index (χ0n) is 9.59. The Hall–Kier alpha value is -1.35. The molecule has 5 nitrogen and oxygen atoms in total. The first kappa shape index (κ1) is 14.1. The van der Waals surface area contributed by atoms with E-state index in [1.807, 2.05) is 34.7 Å². The van der Waals surface area contributed by atoms with Crippen molar-refractivity contribution in [3.05, 3.63) is 50.1 Å². The Morgan fingerprint density at radius 3 is 2.68 bits per heavy atom. The van der Waals surface area contributed by atoms with Crippen LogP contribution in [0.15, 0.2) is 45.3 Å². The molecular formula is C12H9IN2O3S. The fourth-order valence-electron chi connectivity index (χ4n) is 1.40. The van der Waals surface area contributed by atoms with Crippen molar-refractivity contribution in [3.8, 4) is 0 Å². The number of nitrogens with one attached hydrogen (secondary N) is 1. The van der Waals surface area contributed by atoms with Crippen LogP contribution in [0.5, 0.6) is 0 Å². The number of carbonyl (C=O) groups is 1. The number of halogens is 1. The normalized spacial score (nSPS) is 10.4. The molecule has 0 saturated heterocycles. The molecule has 2 aromatic rings. The third kappa shape index (κ3) is 3.80. The van der Waals surface area contributed by atoms with Gasteiger partial charge in [-0.1, -0.05) is 23.9 Å². The second-order valence-corrected chi connectivity index (χ2v) is 5.81. The van der Waals surface area contributed by atoms with Crippen LogP contribution in [0.3, 0.4) is 0 Å². The van der Waals surface area contributed by atoms with Crippen molar-refractivity contribution in [2.24, 2.45) is 0 Å². The minimum Gasteiger partial charge on any atom is -0.481 e. The number of aromatic amines is 1. The van der Waals surface area contributed by atoms with Crippen LogP contribution in [0.1, 0.15) is 5.56 Å². The molecular weight excluding hydrogens is 379 g/mol. The van der Waals surface area contributed by atoms with Gasteiger partial charge in [-0.2, -0.15) is 0 Å². The summed E-state index contributed by atoms with van der Waals surface area (Å²) in [5.41, 5.74) is 0.575. The first-order valence-electron chi connectivity index (χ1n) is 5.28. The van der Waals surface area contributed by atoms with Crippen LogP contribution >= 0.6 is 34.4 Å². The highest BCUT2D eigenvalue weighted by Gasteiger charge is 2.07. The highest BCUT2D eigenvalue weighted by atomic mass is 127. The first-order valence-corrected chi connectivity index (χ1v) is 7.17. The van der Waals surface area contributed by atoms with E-state index in [9.17, 15) is 9.59 Å². The molecule has 1 aromatic carbocycles. The van der Waals surface area contributed by atoms with Gasteiger partial charge < -0.3 is 10.1 Å². The quantitative estimate of drug-likeness (QED) is 0.620. The number of nitrogens with zero attached hydrogens (tertiary/aromatic N) is 1. The molecule has 0 amide bonds. The van der Waals surface area contributed by atoms with E-state index in [1.54, 1.807) is 12.1 Å². The zero-order valence-corrected chi connectivity index (χ0v) is 12.6. The molecule has 98 valence electrons. The third-order valence-corrected chi connectivity index (χ3v) is 4.64. The molecule has 0 fully saturated rings. The molecule has 0 unspecified atom stereocenters. The smallest absolute Gasteiger partial charge is 0.307 e. The van der Waals surface area contributed by atoms with E-state index < -0.39 is 5.97 Å². The molecule has 2 rings (SSSR count). The van der Waals surface area contributed by atoms with Crippen molar-refractivity contribution in [1.29, 1.82) is 0 Å². The summed E-state index contributed by atoms with van der Waals surface area (Å²) in [6, 6.07) is 7.16. The molecule has 1 aromatic heterocycles. The molecule has 2 N–H and O–H groups in total. The van der Waals surface area contributed by atoms with Crippen LogP contribution in [0.4, 0.5) is 0 Å². The number of aliphatic carboxylic acids is 1. The number of hydrogen-bond acceptors (Lipinski definition) is 4. The minimum absolute atomic E-state index is 0.00569. The van der Waals surface area contributed by atoms with Crippen molar-refractivity contribution < 1.29 is 9.90 Å². The van der Waals surface area contributed by atoms with Gasteiger partial charge in [0.25, 0.3) is 5.56 Å². The molecule has 0 aliphatic heterocycles. The second kappa shape index (κ2) is 6.20. The molecule has 0 aliphatic carbocycles. The molecule has 19 heavy (non-hydrogen) atoms. The summed E-state index contributed by atoms with van der Waals surface area (Å²) in [5.74, 6) is -0.855. The molecule has 0 spiro atoms. The lowest BCUT2D eigenvalue weighted by atomic mass is 10.2. The predicted molar refractivity (Wildman–Crippen MR) is 79.5 cm³/mol. The van der Waals surface area contributed by atoms with Crippen molar-refractivity contribution >= 4 is 40.3 Å². The second-order valence-electron chi connectivity index (χ2n) is 3.67. The van der Waals surface area contributed by atoms with Crippen LogP contribution in [0.25, 0.3) is 0 Å². The number of hydrogen-bond donors (Lipinski definition) is 2. The van der Waals surface area contributed by atoms with Gasteiger partial charge in [-0.25, -0.2) is 4.98 Å². The molecule has 0 atom stereocenters. The standard InChI is InChI=1S/C12H9IN2O3S/c13-10-11(18)14-6-15-12(10)19-8-3-1-7(2-4-8)5-9(16)17/h1-4,6H,5H2,(H,16,17)(H,14,15,18). The summed E-state index contributed by atoms with van der Waals surface area (Å²) >= 11 is 3.32. The van der Waals surface area contributed by atoms with Crippen molar-refractivity contribution in [2.45, 2.75) is 16.3 Å². The molecule has 0 bridgehead atoms. The number of carboxylic acids is 1. The first-order chi connectivity index (χ1) is 9.06. The molecule has 7 heteroatoms. The lowest BCUT2D eigenvalue weighted by Crippen LogP contribution is -2.10. The summed E-state index contributed by atoms with van der Waals surface area (Å²) in [6.45, 7) is 0. The number of H-pyrrole nitrogens is 1. The van der Waals surface area contributed by atoms with E-state index in [-0.39, 0.29) is 12.0 Å². The topological polar surface area (TPSA) is 83.0 Å². The minimum atomic E-state index is -0.855. The summed E-state index contributed by atoms with van der Waals surface area (Å²) in [7, 11) is 0. The van der Waals surface area contributed by atoms with E-state index in [4.69, 9.17) is 5.11 Å². The molecule has 0 aliphatic rings. The average Bonchev–Trinajstić information content (AvgIpc) is 2.37. The number of carboxylic acid groups (broad SMARTS) is 1. The van der Waals surface area contributed by atoms with Gasteiger partial charge in [-0.05, 0) is 40.3 Å². The van der Waals surface area contributed by atoms with E-state index in [2.05, 4.69) is 9.97 Å². The van der Waals surface area contributed by atoms with Gasteiger partial charge in [0.05, 0.1) is 12.7 Å². The summed E-state index contributed by atoms with van der Waals surface area (Å²) in [6.07, 6.45) is 1.37. The Morgan fingerprint density at radius 2 is 2.05 bits per heavy atom. The molecule has 0 radical (unpaired) electrons. The number of benzene rings is 1. The summed E-state index contributed by atoms with van der Waals surface area (Å²) < 4.78 is 0.541. The summed E-state index contributed by atoms with van der Waals surface area (Å²) in [5, 5.41) is 9.32. The van der Waals surface area contributed by atoms with Gasteiger partial charge in [-0.15, -0.1) is 0 Å². The van der Waals surface area contributed by atoms with Gasteiger partial charge in [0.15, 0.2) is 0 Å².